The second kappa shape index (κ2) is 10.8. The summed E-state index contributed by atoms with van der Waals surface area (Å²) in [6, 6.07) is 15.0. The normalized spacial score (nSPS) is 13.1. The number of esters is 2. The zero-order valence-corrected chi connectivity index (χ0v) is 19.2. The van der Waals surface area contributed by atoms with E-state index in [1.165, 1.54) is 0 Å². The quantitative estimate of drug-likeness (QED) is 0.372. The third kappa shape index (κ3) is 6.79. The van der Waals surface area contributed by atoms with Crippen molar-refractivity contribution in [1.82, 2.24) is 20.2 Å². The molecule has 34 heavy (non-hydrogen) atoms. The minimum Gasteiger partial charge on any atom is -0.460 e. The van der Waals surface area contributed by atoms with Crippen LogP contribution in [-0.2, 0) is 30.5 Å². The maximum absolute atomic E-state index is 13.2. The number of benzene rings is 2. The molecule has 0 bridgehead atoms. The molecule has 2 unspecified atom stereocenters. The minimum absolute atomic E-state index is 0.0645. The first-order chi connectivity index (χ1) is 16.1. The van der Waals surface area contributed by atoms with Gasteiger partial charge in [0, 0.05) is 5.56 Å². The third-order valence-electron chi connectivity index (χ3n) is 4.58. The Balaban J connectivity index is 1.82. The lowest BCUT2D eigenvalue weighted by atomic mass is 10.0. The summed E-state index contributed by atoms with van der Waals surface area (Å²) in [5.41, 5.74) is 6.63. The van der Waals surface area contributed by atoms with Crippen molar-refractivity contribution in [3.63, 3.8) is 0 Å². The fourth-order valence-corrected chi connectivity index (χ4v) is 3.04. The van der Waals surface area contributed by atoms with Crippen LogP contribution in [0.4, 0.5) is 0 Å². The molecule has 0 radical (unpaired) electrons. The van der Waals surface area contributed by atoms with Gasteiger partial charge in [-0.15, -0.1) is 15.0 Å². The van der Waals surface area contributed by atoms with E-state index in [1.54, 1.807) is 69.3 Å². The maximum Gasteiger partial charge on any atom is 0.341 e. The molecule has 1 aromatic heterocycles. The number of tetrazole rings is 1. The van der Waals surface area contributed by atoms with Crippen LogP contribution >= 0.6 is 0 Å². The summed E-state index contributed by atoms with van der Waals surface area (Å²) in [6.07, 6.45) is -0.418. The molecule has 3 aromatic rings. The summed E-state index contributed by atoms with van der Waals surface area (Å²) in [7, 11) is 0. The Bertz CT molecular complexity index is 1130. The van der Waals surface area contributed by atoms with Gasteiger partial charge in [0.15, 0.2) is 5.78 Å². The fourth-order valence-electron chi connectivity index (χ4n) is 3.04. The summed E-state index contributed by atoms with van der Waals surface area (Å²) in [6.45, 7) is 5.04. The lowest BCUT2D eigenvalue weighted by Crippen LogP contribution is -2.43. The van der Waals surface area contributed by atoms with Gasteiger partial charge in [0.05, 0.1) is 12.5 Å². The molecule has 2 atom stereocenters. The SMILES string of the molecule is CC(C)(C)OC(=O)CC(N)C(=O)C(C(=O)OCc1ccccc1)n1nnc(-c2ccccc2)n1. The molecule has 0 saturated heterocycles. The van der Waals surface area contributed by atoms with Gasteiger partial charge in [0.2, 0.25) is 11.9 Å². The van der Waals surface area contributed by atoms with E-state index in [9.17, 15) is 14.4 Å². The maximum atomic E-state index is 13.2. The molecule has 0 fully saturated rings. The Hall–Kier alpha value is -3.92. The van der Waals surface area contributed by atoms with Crippen LogP contribution in [-0.4, -0.2) is 49.6 Å². The monoisotopic (exact) mass is 465 g/mol. The number of hydrogen-bond donors (Lipinski definition) is 1. The van der Waals surface area contributed by atoms with Crippen LogP contribution in [0.15, 0.2) is 60.7 Å². The highest BCUT2D eigenvalue weighted by Crippen LogP contribution is 2.18. The molecule has 3 rings (SSSR count). The van der Waals surface area contributed by atoms with Crippen molar-refractivity contribution in [2.75, 3.05) is 0 Å². The predicted molar refractivity (Wildman–Crippen MR) is 122 cm³/mol. The number of nitrogens with zero attached hydrogens (tertiary/aromatic N) is 4. The average molecular weight is 466 g/mol. The average Bonchev–Trinajstić information content (AvgIpc) is 3.27. The number of nitrogens with two attached hydrogens (primary N) is 1. The van der Waals surface area contributed by atoms with E-state index >= 15 is 0 Å². The minimum atomic E-state index is -1.62. The van der Waals surface area contributed by atoms with Crippen molar-refractivity contribution >= 4 is 17.7 Å². The topological polar surface area (TPSA) is 139 Å². The Morgan fingerprint density at radius 1 is 1.00 bits per heavy atom. The van der Waals surface area contributed by atoms with E-state index in [0.29, 0.717) is 5.56 Å². The van der Waals surface area contributed by atoms with E-state index in [2.05, 4.69) is 15.4 Å². The summed E-state index contributed by atoms with van der Waals surface area (Å²) in [4.78, 5) is 39.2. The molecule has 0 aliphatic heterocycles. The van der Waals surface area contributed by atoms with Crippen molar-refractivity contribution in [2.45, 2.75) is 51.5 Å². The van der Waals surface area contributed by atoms with E-state index in [4.69, 9.17) is 15.2 Å². The number of hydrogen-bond acceptors (Lipinski definition) is 9. The molecule has 0 saturated carbocycles. The number of aromatic nitrogens is 4. The number of ketones is 1. The van der Waals surface area contributed by atoms with Crippen LogP contribution in [0.3, 0.4) is 0 Å². The number of carbonyl (C=O) groups excluding carboxylic acids is 3. The van der Waals surface area contributed by atoms with Crippen LogP contribution in [0.25, 0.3) is 11.4 Å². The summed E-state index contributed by atoms with van der Waals surface area (Å²) in [5.74, 6) is -2.15. The highest BCUT2D eigenvalue weighted by Gasteiger charge is 2.37. The first kappa shape index (κ1) is 24.7. The van der Waals surface area contributed by atoms with Crippen molar-refractivity contribution in [1.29, 1.82) is 0 Å². The summed E-state index contributed by atoms with van der Waals surface area (Å²) in [5, 5.41) is 12.0. The van der Waals surface area contributed by atoms with Crippen molar-refractivity contribution in [2.24, 2.45) is 5.73 Å². The Labute approximate surface area is 197 Å². The van der Waals surface area contributed by atoms with Crippen LogP contribution in [0, 0.1) is 0 Å². The first-order valence-electron chi connectivity index (χ1n) is 10.7. The molecule has 0 spiro atoms. The largest absolute Gasteiger partial charge is 0.460 e. The zero-order chi connectivity index (χ0) is 24.7. The molecule has 2 aromatic carbocycles. The van der Waals surface area contributed by atoms with Crippen molar-refractivity contribution < 1.29 is 23.9 Å². The second-order valence-corrected chi connectivity index (χ2v) is 8.59. The number of carbonyl (C=O) groups is 3. The smallest absolute Gasteiger partial charge is 0.341 e. The van der Waals surface area contributed by atoms with Crippen molar-refractivity contribution in [3.05, 3.63) is 66.2 Å². The summed E-state index contributed by atoms with van der Waals surface area (Å²) >= 11 is 0. The van der Waals surface area contributed by atoms with Gasteiger partial charge < -0.3 is 15.2 Å². The Kier molecular flexibility index (Phi) is 7.85. The lowest BCUT2D eigenvalue weighted by Gasteiger charge is -2.21. The van der Waals surface area contributed by atoms with Crippen molar-refractivity contribution in [3.8, 4) is 11.4 Å². The van der Waals surface area contributed by atoms with Gasteiger partial charge in [-0.1, -0.05) is 60.7 Å². The molecule has 0 aliphatic carbocycles. The third-order valence-corrected chi connectivity index (χ3v) is 4.58. The number of rotatable bonds is 9. The zero-order valence-electron chi connectivity index (χ0n) is 19.2. The lowest BCUT2D eigenvalue weighted by molar-refractivity contribution is -0.158. The van der Waals surface area contributed by atoms with Gasteiger partial charge >= 0.3 is 11.9 Å². The van der Waals surface area contributed by atoms with Gasteiger partial charge in [0.25, 0.3) is 0 Å². The molecular formula is C24H27N5O5. The number of Topliss-reactive ketones (excluding diaryl/α,β-unsaturated/α-hetero) is 1. The van der Waals surface area contributed by atoms with Crippen LogP contribution in [0.5, 0.6) is 0 Å². The molecular weight excluding hydrogens is 438 g/mol. The second-order valence-electron chi connectivity index (χ2n) is 8.59. The van der Waals surface area contributed by atoms with Gasteiger partial charge in [0.1, 0.15) is 12.2 Å². The molecule has 10 heteroatoms. The summed E-state index contributed by atoms with van der Waals surface area (Å²) < 4.78 is 10.6. The van der Waals surface area contributed by atoms with Crippen LogP contribution < -0.4 is 5.73 Å². The van der Waals surface area contributed by atoms with Gasteiger partial charge in [-0.3, -0.25) is 9.59 Å². The molecule has 0 aliphatic rings. The van der Waals surface area contributed by atoms with E-state index < -0.39 is 41.8 Å². The first-order valence-corrected chi connectivity index (χ1v) is 10.7. The fraction of sp³-hybridized carbons (Fsp3) is 0.333. The highest BCUT2D eigenvalue weighted by atomic mass is 16.6. The predicted octanol–water partition coefficient (Wildman–Crippen LogP) is 2.25. The molecule has 2 N–H and O–H groups in total. The van der Waals surface area contributed by atoms with Gasteiger partial charge in [-0.2, -0.15) is 0 Å². The number of ether oxygens (including phenoxy) is 2. The van der Waals surface area contributed by atoms with E-state index in [1.807, 2.05) is 12.1 Å². The van der Waals surface area contributed by atoms with E-state index in [0.717, 1.165) is 10.4 Å². The standard InChI is InChI=1S/C24H27N5O5/c1-24(2,3)34-19(30)14-18(25)21(31)20(23(32)33-15-16-10-6-4-7-11-16)29-27-22(26-28-29)17-12-8-5-9-13-17/h4-13,18,20H,14-15,25H2,1-3H3. The van der Waals surface area contributed by atoms with Gasteiger partial charge in [-0.05, 0) is 31.5 Å². The van der Waals surface area contributed by atoms with Crippen LogP contribution in [0.2, 0.25) is 0 Å². The molecule has 0 amide bonds. The molecule has 10 nitrogen and oxygen atoms in total. The molecule has 1 heterocycles. The Morgan fingerprint density at radius 2 is 1.62 bits per heavy atom. The van der Waals surface area contributed by atoms with Gasteiger partial charge in [-0.25, -0.2) is 4.79 Å². The van der Waals surface area contributed by atoms with Crippen LogP contribution in [0.1, 0.15) is 38.8 Å². The van der Waals surface area contributed by atoms with E-state index in [-0.39, 0.29) is 12.4 Å². The Morgan fingerprint density at radius 3 is 2.24 bits per heavy atom. The molecule has 178 valence electrons. The highest BCUT2D eigenvalue weighted by molar-refractivity contribution is 6.04.